The molecular weight excluding hydrogens is 378 g/mol. The van der Waals surface area contributed by atoms with Gasteiger partial charge in [0, 0.05) is 43.0 Å². The van der Waals surface area contributed by atoms with Crippen LogP contribution in [0.5, 0.6) is 0 Å². The minimum atomic E-state index is -0.0671. The summed E-state index contributed by atoms with van der Waals surface area (Å²) in [5, 5.41) is 12.1. The Bertz CT molecular complexity index is 1080. The van der Waals surface area contributed by atoms with Gasteiger partial charge < -0.3 is 15.2 Å². The largest absolute Gasteiger partial charge is 0.342 e. The van der Waals surface area contributed by atoms with Gasteiger partial charge in [-0.25, -0.2) is 9.97 Å². The molecule has 0 bridgehead atoms. The molecule has 0 spiro atoms. The summed E-state index contributed by atoms with van der Waals surface area (Å²) >= 11 is 0. The van der Waals surface area contributed by atoms with Gasteiger partial charge in [0.25, 0.3) is 0 Å². The maximum Gasteiger partial charge on any atom is 0.236 e. The highest BCUT2D eigenvalue weighted by Crippen LogP contribution is 2.41. The average molecular weight is 399 g/mol. The highest BCUT2D eigenvalue weighted by Gasteiger charge is 2.27. The molecule has 3 aromatic rings. The Morgan fingerprint density at radius 2 is 2.10 bits per heavy atom. The molecule has 8 heteroatoms. The van der Waals surface area contributed by atoms with Gasteiger partial charge in [-0.15, -0.1) is 0 Å². The quantitative estimate of drug-likeness (QED) is 0.547. The molecule has 0 atom stereocenters. The van der Waals surface area contributed by atoms with Crippen LogP contribution in [0.15, 0.2) is 36.8 Å². The minimum absolute atomic E-state index is 0.0364. The summed E-state index contributed by atoms with van der Waals surface area (Å²) in [7, 11) is 0. The number of nitriles is 1. The van der Waals surface area contributed by atoms with Crippen LogP contribution < -0.4 is 5.32 Å². The van der Waals surface area contributed by atoms with Gasteiger partial charge in [0.15, 0.2) is 0 Å². The van der Waals surface area contributed by atoms with Crippen molar-refractivity contribution >= 4 is 17.4 Å². The van der Waals surface area contributed by atoms with Gasteiger partial charge in [-0.3, -0.25) is 9.78 Å². The molecule has 1 saturated heterocycles. The third-order valence-corrected chi connectivity index (χ3v) is 5.84. The van der Waals surface area contributed by atoms with E-state index in [0.29, 0.717) is 19.0 Å². The van der Waals surface area contributed by atoms with E-state index in [-0.39, 0.29) is 12.3 Å². The van der Waals surface area contributed by atoms with Gasteiger partial charge in [0.05, 0.1) is 23.6 Å². The van der Waals surface area contributed by atoms with E-state index >= 15 is 0 Å². The summed E-state index contributed by atoms with van der Waals surface area (Å²) < 4.78 is 0. The van der Waals surface area contributed by atoms with Crippen LogP contribution in [0.1, 0.15) is 25.1 Å². The predicted octanol–water partition coefficient (Wildman–Crippen LogP) is 3.29. The number of hydrogen-bond donors (Lipinski definition) is 2. The molecule has 30 heavy (non-hydrogen) atoms. The monoisotopic (exact) mass is 399 g/mol. The lowest BCUT2D eigenvalue weighted by Gasteiger charge is -2.31. The van der Waals surface area contributed by atoms with Crippen molar-refractivity contribution in [2.45, 2.75) is 25.7 Å². The Morgan fingerprint density at radius 1 is 1.23 bits per heavy atom. The molecule has 5 heterocycles. The van der Waals surface area contributed by atoms with Crippen molar-refractivity contribution in [1.29, 1.82) is 5.26 Å². The maximum atomic E-state index is 11.9. The van der Waals surface area contributed by atoms with Crippen molar-refractivity contribution in [2.75, 3.05) is 18.4 Å². The Morgan fingerprint density at radius 3 is 2.93 bits per heavy atom. The molecule has 1 amide bonds. The van der Waals surface area contributed by atoms with Gasteiger partial charge in [-0.1, -0.05) is 0 Å². The smallest absolute Gasteiger partial charge is 0.236 e. The first-order chi connectivity index (χ1) is 14.7. The van der Waals surface area contributed by atoms with Gasteiger partial charge in [0.2, 0.25) is 5.91 Å². The average Bonchev–Trinajstić information content (AvgIpc) is 3.13. The number of fused-ring (bicyclic) bond motifs is 5. The molecule has 3 aromatic heterocycles. The number of carbonyl (C=O) groups excluding carboxylic acids is 1. The number of anilines is 2. The molecule has 5 rings (SSSR count). The fraction of sp³-hybridized carbons (Fsp3) is 0.318. The summed E-state index contributed by atoms with van der Waals surface area (Å²) in [4.78, 5) is 31.0. The number of piperidine rings is 1. The number of carbonyl (C=O) groups is 1. The lowest BCUT2D eigenvalue weighted by atomic mass is 9.93. The van der Waals surface area contributed by atoms with Crippen molar-refractivity contribution in [3.63, 3.8) is 0 Å². The predicted molar refractivity (Wildman–Crippen MR) is 112 cm³/mol. The maximum absolute atomic E-state index is 11.9. The number of aromatic amines is 1. The zero-order valence-electron chi connectivity index (χ0n) is 16.4. The van der Waals surface area contributed by atoms with Gasteiger partial charge >= 0.3 is 0 Å². The molecule has 150 valence electrons. The van der Waals surface area contributed by atoms with Crippen molar-refractivity contribution in [1.82, 2.24) is 24.8 Å². The lowest BCUT2D eigenvalue weighted by molar-refractivity contribution is -0.131. The van der Waals surface area contributed by atoms with Crippen LogP contribution in [0.3, 0.4) is 0 Å². The number of hydrogen-bond acceptors (Lipinski definition) is 6. The van der Waals surface area contributed by atoms with E-state index in [4.69, 9.17) is 10.2 Å². The highest BCUT2D eigenvalue weighted by molar-refractivity contribution is 5.94. The number of rotatable bonds is 3. The molecule has 2 aliphatic rings. The van der Waals surface area contributed by atoms with Crippen LogP contribution in [0, 0.1) is 17.2 Å². The number of nitrogens with one attached hydrogen (secondary N) is 2. The first kappa shape index (κ1) is 18.3. The third kappa shape index (κ3) is 3.28. The van der Waals surface area contributed by atoms with E-state index in [0.717, 1.165) is 59.1 Å². The summed E-state index contributed by atoms with van der Waals surface area (Å²) in [6, 6.07) is 7.87. The first-order valence-corrected chi connectivity index (χ1v) is 10.1. The van der Waals surface area contributed by atoms with Gasteiger partial charge in [-0.05, 0) is 37.0 Å². The Labute approximate surface area is 174 Å². The van der Waals surface area contributed by atoms with Gasteiger partial charge in [0.1, 0.15) is 23.8 Å². The molecule has 0 saturated carbocycles. The first-order valence-electron chi connectivity index (χ1n) is 10.1. The zero-order chi connectivity index (χ0) is 20.5. The molecular formula is C22H21N7O. The normalized spacial score (nSPS) is 15.2. The second kappa shape index (κ2) is 7.59. The summed E-state index contributed by atoms with van der Waals surface area (Å²) in [5.41, 5.74) is 4.75. The zero-order valence-corrected chi connectivity index (χ0v) is 16.4. The third-order valence-electron chi connectivity index (χ3n) is 5.84. The summed E-state index contributed by atoms with van der Waals surface area (Å²) in [6.07, 6.45) is 7.98. The minimum Gasteiger partial charge on any atom is -0.342 e. The number of amides is 1. The number of pyridine rings is 2. The van der Waals surface area contributed by atoms with Crippen LogP contribution in [0.25, 0.3) is 22.5 Å². The second-order valence-electron chi connectivity index (χ2n) is 7.72. The number of aromatic nitrogens is 4. The Hall–Kier alpha value is -3.73. The molecule has 8 nitrogen and oxygen atoms in total. The second-order valence-corrected chi connectivity index (χ2v) is 7.72. The number of nitrogens with zero attached hydrogens (tertiary/aromatic N) is 5. The van der Waals surface area contributed by atoms with Crippen molar-refractivity contribution in [3.8, 4) is 28.6 Å². The van der Waals surface area contributed by atoms with Crippen LogP contribution >= 0.6 is 0 Å². The van der Waals surface area contributed by atoms with Crippen LogP contribution in [-0.2, 0) is 11.2 Å². The lowest BCUT2D eigenvalue weighted by Crippen LogP contribution is -2.38. The topological polar surface area (TPSA) is 111 Å². The number of imidazole rings is 1. The van der Waals surface area contributed by atoms with Crippen LogP contribution in [-0.4, -0.2) is 43.8 Å². The molecule has 0 aliphatic carbocycles. The SMILES string of the molecule is N#CCC(=O)N1CCC(Cc2nc3c([nH]2)-c2ccncc2Nc2ncccc2-3)CC1. The van der Waals surface area contributed by atoms with Crippen LogP contribution in [0.2, 0.25) is 0 Å². The van der Waals surface area contributed by atoms with E-state index in [1.165, 1.54) is 0 Å². The molecule has 2 N–H and O–H groups in total. The van der Waals surface area contributed by atoms with E-state index in [1.807, 2.05) is 24.3 Å². The van der Waals surface area contributed by atoms with E-state index < -0.39 is 0 Å². The molecule has 0 radical (unpaired) electrons. The standard InChI is InChI=1S/C22H21N7O/c23-7-3-19(30)29-10-5-14(6-11-29)12-18-27-20-15-4-9-24-13-17(15)26-22-16(21(20)28-18)2-1-8-25-22/h1-2,4,8-9,13-14H,3,5-6,10-12H2,(H,25,26)(H,27,28). The summed E-state index contributed by atoms with van der Waals surface area (Å²) in [5.74, 6) is 2.10. The fourth-order valence-electron chi connectivity index (χ4n) is 4.28. The van der Waals surface area contributed by atoms with E-state index in [9.17, 15) is 4.79 Å². The van der Waals surface area contributed by atoms with Crippen LogP contribution in [0.4, 0.5) is 11.5 Å². The van der Waals surface area contributed by atoms with Crippen molar-refractivity contribution < 1.29 is 4.79 Å². The molecule has 1 fully saturated rings. The van der Waals surface area contributed by atoms with Gasteiger partial charge in [-0.2, -0.15) is 5.26 Å². The van der Waals surface area contributed by atoms with E-state index in [2.05, 4.69) is 20.3 Å². The Kier molecular flexibility index (Phi) is 4.64. The molecule has 0 aromatic carbocycles. The Balaban J connectivity index is 1.41. The van der Waals surface area contributed by atoms with Crippen molar-refractivity contribution in [2.24, 2.45) is 5.92 Å². The highest BCUT2D eigenvalue weighted by atomic mass is 16.2. The molecule has 2 aliphatic heterocycles. The summed E-state index contributed by atoms with van der Waals surface area (Å²) in [6.45, 7) is 1.41. The fourth-order valence-corrected chi connectivity index (χ4v) is 4.28. The molecule has 0 unspecified atom stereocenters. The number of likely N-dealkylation sites (tertiary alicyclic amines) is 1. The van der Waals surface area contributed by atoms with E-state index in [1.54, 1.807) is 23.5 Å². The number of H-pyrrole nitrogens is 1. The van der Waals surface area contributed by atoms with Crippen molar-refractivity contribution in [3.05, 3.63) is 42.6 Å².